The van der Waals surface area contributed by atoms with Crippen molar-refractivity contribution in [2.24, 2.45) is 0 Å². The van der Waals surface area contributed by atoms with E-state index in [1.165, 1.54) is 31.6 Å². The van der Waals surface area contributed by atoms with Crippen molar-refractivity contribution in [3.63, 3.8) is 0 Å². The van der Waals surface area contributed by atoms with E-state index in [-0.39, 0.29) is 10.6 Å². The Morgan fingerprint density at radius 2 is 1.87 bits per heavy atom. The third kappa shape index (κ3) is 5.17. The van der Waals surface area contributed by atoms with Crippen molar-refractivity contribution in [3.8, 4) is 11.5 Å². The summed E-state index contributed by atoms with van der Waals surface area (Å²) in [5, 5.41) is 3.72. The predicted octanol–water partition coefficient (Wildman–Crippen LogP) is 5.66. The molecular weight excluding hydrogens is 616 g/mol. The maximum absolute atomic E-state index is 15.4. The minimum atomic E-state index is -4.42. The van der Waals surface area contributed by atoms with Crippen LogP contribution in [0.5, 0.6) is 11.5 Å². The highest BCUT2D eigenvalue weighted by atomic mass is 35.5. The number of likely N-dealkylation sites (tertiary alicyclic amines) is 1. The van der Waals surface area contributed by atoms with Crippen molar-refractivity contribution >= 4 is 33.2 Å². The van der Waals surface area contributed by atoms with Gasteiger partial charge in [-0.05, 0) is 79.9 Å². The van der Waals surface area contributed by atoms with E-state index in [1.807, 2.05) is 23.1 Å². The molecule has 6 rings (SSSR count). The Balaban J connectivity index is 1.64. The first kappa shape index (κ1) is 31.1. The zero-order valence-corrected chi connectivity index (χ0v) is 26.9. The summed E-state index contributed by atoms with van der Waals surface area (Å²) >= 11 is 6.51. The van der Waals surface area contributed by atoms with Crippen LogP contribution in [0.2, 0.25) is 5.02 Å². The number of aromatic nitrogens is 1. The monoisotopic (exact) mass is 650 g/mol. The quantitative estimate of drug-likeness (QED) is 0.205. The molecule has 1 fully saturated rings. The molecule has 0 bridgehead atoms. The smallest absolute Gasteiger partial charge is 0.271 e. The molecule has 236 valence electrons. The largest absolute Gasteiger partial charge is 0.497 e. The van der Waals surface area contributed by atoms with Crippen LogP contribution in [0.1, 0.15) is 54.8 Å². The number of ether oxygens (including phenoxy) is 2. The number of hydrogen-bond acceptors (Lipinski definition) is 9. The molecular formula is C33H35ClN4O6S. The number of nitrogens with zero attached hydrogens (tertiary/aromatic N) is 3. The number of benzene rings is 3. The highest BCUT2D eigenvalue weighted by molar-refractivity contribution is 7.93. The second-order valence-electron chi connectivity index (χ2n) is 11.1. The van der Waals surface area contributed by atoms with Crippen molar-refractivity contribution in [3.05, 3.63) is 101 Å². The third-order valence-electron chi connectivity index (χ3n) is 8.49. The van der Waals surface area contributed by atoms with Crippen LogP contribution in [-0.2, 0) is 26.9 Å². The highest BCUT2D eigenvalue weighted by Gasteiger charge is 2.62. The fraction of sp³-hybridized carbons (Fsp3) is 0.333. The molecule has 10 nitrogen and oxygen atoms in total. The Morgan fingerprint density at radius 3 is 2.56 bits per heavy atom. The van der Waals surface area contributed by atoms with Crippen LogP contribution in [0.15, 0.2) is 82.4 Å². The summed E-state index contributed by atoms with van der Waals surface area (Å²) in [5.74, 6) is 0.728. The number of fused-ring (bicyclic) bond motifs is 1. The normalized spacial score (nSPS) is 20.0. The van der Waals surface area contributed by atoms with Gasteiger partial charge in [0.05, 0.1) is 37.0 Å². The minimum absolute atomic E-state index is 0.0615. The van der Waals surface area contributed by atoms with Gasteiger partial charge < -0.3 is 19.2 Å². The standard InChI is InChI=1S/C33H35ClN4O6S/c1-4-15-35-21-22-7-14-30(43-3)27(19-22)33(37-17-5-6-28(37)31-36-16-18-44-31)26-13-8-23(34)20-29(26)38(32(33)39)45(40,41)25-11-9-24(42-2)10-12-25/h7-14,16,18-20,28,35H,4-6,15,17,21H2,1-3H3. The number of rotatable bonds is 11. The van der Waals surface area contributed by atoms with E-state index in [0.29, 0.717) is 53.0 Å². The molecule has 4 aromatic rings. The van der Waals surface area contributed by atoms with Crippen molar-refractivity contribution in [1.29, 1.82) is 0 Å². The third-order valence-corrected chi connectivity index (χ3v) is 10.4. The number of amides is 1. The molecule has 2 aliphatic heterocycles. The van der Waals surface area contributed by atoms with Gasteiger partial charge in [-0.15, -0.1) is 0 Å². The molecule has 3 aromatic carbocycles. The van der Waals surface area contributed by atoms with Crippen LogP contribution in [0.3, 0.4) is 0 Å². The van der Waals surface area contributed by atoms with Gasteiger partial charge in [0.2, 0.25) is 5.89 Å². The van der Waals surface area contributed by atoms with Gasteiger partial charge in [-0.2, -0.15) is 0 Å². The molecule has 2 unspecified atom stereocenters. The van der Waals surface area contributed by atoms with E-state index >= 15 is 4.79 Å². The Bertz CT molecular complexity index is 1800. The summed E-state index contributed by atoms with van der Waals surface area (Å²) in [6.45, 7) is 3.94. The topological polar surface area (TPSA) is 114 Å². The van der Waals surface area contributed by atoms with Crippen LogP contribution in [0.4, 0.5) is 5.69 Å². The molecule has 0 radical (unpaired) electrons. The van der Waals surface area contributed by atoms with Crippen LogP contribution in [0, 0.1) is 0 Å². The van der Waals surface area contributed by atoms with Gasteiger partial charge in [-0.1, -0.05) is 30.7 Å². The molecule has 0 spiro atoms. The van der Waals surface area contributed by atoms with E-state index in [0.717, 1.165) is 29.3 Å². The zero-order valence-electron chi connectivity index (χ0n) is 25.3. The Labute approximate surface area is 268 Å². The van der Waals surface area contributed by atoms with Crippen molar-refractivity contribution < 1.29 is 27.1 Å². The number of anilines is 1. The first-order valence-corrected chi connectivity index (χ1v) is 16.7. The first-order chi connectivity index (χ1) is 21.8. The van der Waals surface area contributed by atoms with E-state index in [1.54, 1.807) is 37.6 Å². The fourth-order valence-corrected chi connectivity index (χ4v) is 8.13. The lowest BCUT2D eigenvalue weighted by Crippen LogP contribution is -2.54. The maximum atomic E-state index is 15.4. The average Bonchev–Trinajstić information content (AvgIpc) is 3.80. The lowest BCUT2D eigenvalue weighted by molar-refractivity contribution is -0.127. The fourth-order valence-electron chi connectivity index (χ4n) is 6.52. The highest BCUT2D eigenvalue weighted by Crippen LogP contribution is 2.56. The van der Waals surface area contributed by atoms with Crippen LogP contribution in [0.25, 0.3) is 0 Å². The lowest BCUT2D eigenvalue weighted by atomic mass is 9.80. The average molecular weight is 651 g/mol. The molecule has 1 saturated heterocycles. The minimum Gasteiger partial charge on any atom is -0.497 e. The predicted molar refractivity (Wildman–Crippen MR) is 170 cm³/mol. The number of halogens is 1. The number of methoxy groups -OCH3 is 2. The number of carbonyl (C=O) groups is 1. The number of carbonyl (C=O) groups excluding carboxylic acids is 1. The Kier molecular flexibility index (Phi) is 8.62. The van der Waals surface area contributed by atoms with Gasteiger partial charge in [-0.3, -0.25) is 9.69 Å². The lowest BCUT2D eigenvalue weighted by Gasteiger charge is -2.41. The molecule has 0 saturated carbocycles. The van der Waals surface area contributed by atoms with Gasteiger partial charge in [0, 0.05) is 29.2 Å². The summed E-state index contributed by atoms with van der Waals surface area (Å²) < 4.78 is 46.8. The summed E-state index contributed by atoms with van der Waals surface area (Å²) in [6, 6.07) is 16.2. The second kappa shape index (κ2) is 12.5. The van der Waals surface area contributed by atoms with Crippen LogP contribution < -0.4 is 19.1 Å². The van der Waals surface area contributed by atoms with Gasteiger partial charge in [0.15, 0.2) is 5.54 Å². The van der Waals surface area contributed by atoms with Crippen molar-refractivity contribution in [2.75, 3.05) is 31.6 Å². The SMILES string of the molecule is CCCNCc1ccc(OC)c(C2(N3CCCC3c3ncco3)C(=O)N(S(=O)(=O)c3ccc(OC)cc3)c3cc(Cl)ccc32)c1. The van der Waals surface area contributed by atoms with Gasteiger partial charge in [0.1, 0.15) is 17.8 Å². The van der Waals surface area contributed by atoms with E-state index in [9.17, 15) is 8.42 Å². The summed E-state index contributed by atoms with van der Waals surface area (Å²) in [5.41, 5.74) is 0.481. The van der Waals surface area contributed by atoms with Gasteiger partial charge >= 0.3 is 0 Å². The summed E-state index contributed by atoms with van der Waals surface area (Å²) in [6.07, 6.45) is 5.43. The number of sulfonamides is 1. The van der Waals surface area contributed by atoms with E-state index < -0.39 is 27.5 Å². The number of oxazole rings is 1. The van der Waals surface area contributed by atoms with Crippen molar-refractivity contribution in [2.45, 2.75) is 49.2 Å². The molecule has 3 heterocycles. The van der Waals surface area contributed by atoms with Gasteiger partial charge in [-0.25, -0.2) is 17.7 Å². The van der Waals surface area contributed by atoms with E-state index in [2.05, 4.69) is 17.2 Å². The zero-order chi connectivity index (χ0) is 31.8. The summed E-state index contributed by atoms with van der Waals surface area (Å²) in [4.78, 5) is 21.8. The Morgan fingerprint density at radius 1 is 1.07 bits per heavy atom. The molecule has 1 aromatic heterocycles. The summed E-state index contributed by atoms with van der Waals surface area (Å²) in [7, 11) is -1.37. The molecule has 45 heavy (non-hydrogen) atoms. The molecule has 2 aliphatic rings. The number of hydrogen-bond donors (Lipinski definition) is 1. The molecule has 12 heteroatoms. The second-order valence-corrected chi connectivity index (χ2v) is 13.3. The van der Waals surface area contributed by atoms with Crippen LogP contribution in [-0.4, -0.2) is 51.5 Å². The first-order valence-electron chi connectivity index (χ1n) is 14.9. The molecule has 1 N–H and O–H groups in total. The molecule has 0 aliphatic carbocycles. The van der Waals surface area contributed by atoms with E-state index in [4.69, 9.17) is 25.5 Å². The van der Waals surface area contributed by atoms with Crippen molar-refractivity contribution in [1.82, 2.24) is 15.2 Å². The molecule has 1 amide bonds. The number of nitrogens with one attached hydrogen (secondary N) is 1. The van der Waals surface area contributed by atoms with Gasteiger partial charge in [0.25, 0.3) is 15.9 Å². The molecule has 2 atom stereocenters. The van der Waals surface area contributed by atoms with Crippen LogP contribution >= 0.6 is 11.6 Å². The Hall–Kier alpha value is -3.90. The maximum Gasteiger partial charge on any atom is 0.271 e.